The molecule has 5 nitrogen and oxygen atoms in total. The maximum absolute atomic E-state index is 10.6. The Kier molecular flexibility index (Phi) is 2.74. The zero-order valence-corrected chi connectivity index (χ0v) is 6.97. The first-order chi connectivity index (χ1) is 6.15. The van der Waals surface area contributed by atoms with Crippen LogP contribution in [-0.4, -0.2) is 28.9 Å². The summed E-state index contributed by atoms with van der Waals surface area (Å²) in [4.78, 5) is 14.3. The summed E-state index contributed by atoms with van der Waals surface area (Å²) in [6.45, 7) is 0. The number of nitrogens with zero attached hydrogens (tertiary/aromatic N) is 2. The van der Waals surface area contributed by atoms with E-state index in [2.05, 4.69) is 4.99 Å². The van der Waals surface area contributed by atoms with Crippen LogP contribution in [0.4, 0.5) is 5.69 Å². The second kappa shape index (κ2) is 3.80. The van der Waals surface area contributed by atoms with Crippen molar-refractivity contribution >= 4 is 24.9 Å². The number of rotatable bonds is 3. The molecule has 0 radical (unpaired) electrons. The van der Waals surface area contributed by atoms with Gasteiger partial charge in [0.25, 0.3) is 0 Å². The van der Waals surface area contributed by atoms with E-state index in [4.69, 9.17) is 5.11 Å². The predicted molar refractivity (Wildman–Crippen MR) is 47.0 cm³/mol. The van der Waals surface area contributed by atoms with Gasteiger partial charge in [0.15, 0.2) is 0 Å². The molecule has 66 valence electrons. The van der Waals surface area contributed by atoms with E-state index < -0.39 is 5.97 Å². The number of aromatic carboxylic acids is 1. The molecule has 0 bridgehead atoms. The first-order valence-corrected chi connectivity index (χ1v) is 3.52. The minimum absolute atomic E-state index is 0.137. The minimum atomic E-state index is -1.02. The molecule has 1 aromatic heterocycles. The average Bonchev–Trinajstić information content (AvgIpc) is 2.43. The van der Waals surface area contributed by atoms with Crippen molar-refractivity contribution in [2.24, 2.45) is 12.0 Å². The molecule has 1 aromatic rings. The molecule has 0 unspecified atom stereocenters. The molecule has 0 aromatic carbocycles. The Bertz CT molecular complexity index is 370. The van der Waals surface area contributed by atoms with E-state index in [0.717, 1.165) is 6.11 Å². The third kappa shape index (κ3) is 2.11. The Morgan fingerprint density at radius 2 is 2.46 bits per heavy atom. The SMILES string of the molecule is Cn1cc(N=CB=O)cc1C(=O)O. The topological polar surface area (TPSA) is 71.7 Å². The first-order valence-electron chi connectivity index (χ1n) is 3.52. The molecule has 0 atom stereocenters. The number of carboxylic acids is 1. The molecule has 0 aliphatic carbocycles. The molecule has 0 fully saturated rings. The van der Waals surface area contributed by atoms with Gasteiger partial charge in [-0.3, -0.25) is 0 Å². The summed E-state index contributed by atoms with van der Waals surface area (Å²) in [5.41, 5.74) is 0.588. The van der Waals surface area contributed by atoms with Gasteiger partial charge in [0.05, 0.1) is 0 Å². The van der Waals surface area contributed by atoms with E-state index >= 15 is 0 Å². The van der Waals surface area contributed by atoms with E-state index in [9.17, 15) is 9.50 Å². The standard InChI is InChI=1S/C7H7BN2O3/c1-10-3-5(9-4-8-13)2-6(10)7(11)12/h2-4H,1H3,(H,11,12). The number of hydrogen-bond donors (Lipinski definition) is 1. The molecular formula is C7H7BN2O3. The Hall–Kier alpha value is -1.72. The summed E-state index contributed by atoms with van der Waals surface area (Å²) in [6.07, 6.45) is 2.60. The fourth-order valence-corrected chi connectivity index (χ4v) is 0.947. The maximum atomic E-state index is 10.6. The van der Waals surface area contributed by atoms with Gasteiger partial charge in [0.1, 0.15) is 0 Å². The molecule has 0 amide bonds. The molecule has 1 rings (SSSR count). The van der Waals surface area contributed by atoms with Crippen LogP contribution in [0.3, 0.4) is 0 Å². The van der Waals surface area contributed by atoms with Crippen LogP contribution in [0.2, 0.25) is 0 Å². The van der Waals surface area contributed by atoms with Crippen LogP contribution in [0.5, 0.6) is 0 Å². The van der Waals surface area contributed by atoms with Gasteiger partial charge in [-0.2, -0.15) is 0 Å². The zero-order valence-electron chi connectivity index (χ0n) is 6.97. The normalized spacial score (nSPS) is 10.2. The first kappa shape index (κ1) is 9.37. The van der Waals surface area contributed by atoms with Crippen molar-refractivity contribution in [1.82, 2.24) is 4.57 Å². The summed E-state index contributed by atoms with van der Waals surface area (Å²) in [6, 6.07) is 1.39. The molecular weight excluding hydrogens is 171 g/mol. The fourth-order valence-electron chi connectivity index (χ4n) is 0.947. The van der Waals surface area contributed by atoms with Crippen LogP contribution in [0, 0.1) is 0 Å². The van der Waals surface area contributed by atoms with Crippen LogP contribution in [-0.2, 0) is 11.8 Å². The van der Waals surface area contributed by atoms with Crippen LogP contribution >= 0.6 is 0 Å². The quantitative estimate of drug-likeness (QED) is 0.538. The van der Waals surface area contributed by atoms with Crippen LogP contribution in [0.15, 0.2) is 17.3 Å². The monoisotopic (exact) mass is 178 g/mol. The molecule has 0 saturated carbocycles. The van der Waals surface area contributed by atoms with Gasteiger partial charge in [0, 0.05) is 0 Å². The summed E-state index contributed by atoms with van der Waals surface area (Å²) >= 11 is 0. The van der Waals surface area contributed by atoms with Gasteiger partial charge in [0.2, 0.25) is 0 Å². The van der Waals surface area contributed by atoms with Crippen molar-refractivity contribution in [3.05, 3.63) is 18.0 Å². The number of aryl methyl sites for hydroxylation is 1. The third-order valence-electron chi connectivity index (χ3n) is 1.49. The van der Waals surface area contributed by atoms with E-state index in [1.165, 1.54) is 16.8 Å². The summed E-state index contributed by atoms with van der Waals surface area (Å²) < 4.78 is 11.4. The van der Waals surface area contributed by atoms with Crippen molar-refractivity contribution in [2.75, 3.05) is 0 Å². The van der Waals surface area contributed by atoms with Crippen molar-refractivity contribution in [3.63, 3.8) is 0 Å². The average molecular weight is 178 g/mol. The van der Waals surface area contributed by atoms with Gasteiger partial charge in [-0.25, -0.2) is 0 Å². The number of aliphatic imine (C=N–C) groups is 1. The van der Waals surface area contributed by atoms with Crippen molar-refractivity contribution < 1.29 is 14.6 Å². The number of aromatic nitrogens is 1. The van der Waals surface area contributed by atoms with Gasteiger partial charge in [-0.15, -0.1) is 0 Å². The van der Waals surface area contributed by atoms with Crippen LogP contribution in [0.25, 0.3) is 0 Å². The van der Waals surface area contributed by atoms with Gasteiger partial charge >= 0.3 is 74.1 Å². The Balaban J connectivity index is 3.01. The molecule has 1 N–H and O–H groups in total. The summed E-state index contributed by atoms with van der Waals surface area (Å²) in [5.74, 6) is -1.02. The van der Waals surface area contributed by atoms with E-state index in [1.54, 1.807) is 7.05 Å². The van der Waals surface area contributed by atoms with Crippen molar-refractivity contribution in [3.8, 4) is 0 Å². The zero-order chi connectivity index (χ0) is 9.84. The summed E-state index contributed by atoms with van der Waals surface area (Å²) in [5, 5.41) is 8.66. The van der Waals surface area contributed by atoms with Crippen molar-refractivity contribution in [2.45, 2.75) is 0 Å². The molecule has 13 heavy (non-hydrogen) atoms. The van der Waals surface area contributed by atoms with E-state index in [1.807, 2.05) is 0 Å². The third-order valence-corrected chi connectivity index (χ3v) is 1.49. The van der Waals surface area contributed by atoms with Gasteiger partial charge < -0.3 is 0 Å². The number of carbonyl (C=O) groups is 1. The molecule has 1 heterocycles. The van der Waals surface area contributed by atoms with E-state index in [-0.39, 0.29) is 5.69 Å². The van der Waals surface area contributed by atoms with Crippen LogP contribution in [0.1, 0.15) is 10.5 Å². The second-order valence-corrected chi connectivity index (χ2v) is 2.41. The molecule has 0 saturated heterocycles. The molecule has 0 spiro atoms. The van der Waals surface area contributed by atoms with Gasteiger partial charge in [-0.1, -0.05) is 0 Å². The Morgan fingerprint density at radius 3 is 2.92 bits per heavy atom. The second-order valence-electron chi connectivity index (χ2n) is 2.41. The molecule has 0 aliphatic heterocycles. The fraction of sp³-hybridized carbons (Fsp3) is 0.143. The molecule has 6 heteroatoms. The van der Waals surface area contributed by atoms with Crippen LogP contribution < -0.4 is 0 Å². The van der Waals surface area contributed by atoms with Gasteiger partial charge in [-0.05, 0) is 0 Å². The Morgan fingerprint density at radius 1 is 1.77 bits per heavy atom. The van der Waals surface area contributed by atoms with E-state index in [0.29, 0.717) is 12.8 Å². The molecule has 0 aliphatic rings. The Labute approximate surface area is 75.0 Å². The summed E-state index contributed by atoms with van der Waals surface area (Å²) in [7, 11) is 2.14. The number of carboxylic acid groups (broad SMARTS) is 1. The van der Waals surface area contributed by atoms with Crippen molar-refractivity contribution in [1.29, 1.82) is 0 Å². The predicted octanol–water partition coefficient (Wildman–Crippen LogP) is 0.433. The number of hydrogen-bond acceptors (Lipinski definition) is 3.